The summed E-state index contributed by atoms with van der Waals surface area (Å²) in [4.78, 5) is 21.5. The van der Waals surface area contributed by atoms with E-state index in [1.807, 2.05) is 6.92 Å². The molecule has 152 valence electrons. The third-order valence-corrected chi connectivity index (χ3v) is 5.75. The van der Waals surface area contributed by atoms with Crippen LogP contribution in [0.5, 0.6) is 0 Å². The maximum absolute atomic E-state index is 15.2. The van der Waals surface area contributed by atoms with Crippen LogP contribution in [0, 0.1) is 17.6 Å². The Morgan fingerprint density at radius 1 is 1.13 bits per heavy atom. The number of fused-ring (bicyclic) bond motifs is 1. The van der Waals surface area contributed by atoms with Gasteiger partial charge in [-0.1, -0.05) is 6.92 Å². The van der Waals surface area contributed by atoms with Gasteiger partial charge in [0.1, 0.15) is 11.6 Å². The molecule has 1 aliphatic heterocycles. The Hall–Kier alpha value is -3.55. The van der Waals surface area contributed by atoms with Gasteiger partial charge in [-0.2, -0.15) is 5.10 Å². The fourth-order valence-corrected chi connectivity index (χ4v) is 4.24. The van der Waals surface area contributed by atoms with Crippen LogP contribution in [0.15, 0.2) is 49.1 Å². The molecule has 6 nitrogen and oxygen atoms in total. The standard InChI is InChI=1S/C22H19F2N5O/c1-3-15-21(29(22(15)30)14-4-5-18-19(8-14)26-11-25-18)20-16(23)6-12(7-17(20)24)13-9-27-28(2)10-13/h4-11,15,21H,3H2,1-2H3,(H,25,26)/t15-,21-/m0/s1. The fraction of sp³-hybridized carbons (Fsp3) is 0.227. The average molecular weight is 407 g/mol. The zero-order chi connectivity index (χ0) is 21.0. The number of H-pyrrole nitrogens is 1. The number of carbonyl (C=O) groups is 1. The van der Waals surface area contributed by atoms with Crippen LogP contribution in [-0.2, 0) is 11.8 Å². The molecule has 1 saturated heterocycles. The molecule has 1 fully saturated rings. The topological polar surface area (TPSA) is 66.8 Å². The monoisotopic (exact) mass is 407 g/mol. The van der Waals surface area contributed by atoms with Gasteiger partial charge in [0.2, 0.25) is 5.91 Å². The number of nitrogens with zero attached hydrogens (tertiary/aromatic N) is 4. The highest BCUT2D eigenvalue weighted by Crippen LogP contribution is 2.47. The summed E-state index contributed by atoms with van der Waals surface area (Å²) in [5.74, 6) is -1.97. The number of amides is 1. The minimum atomic E-state index is -0.707. The predicted molar refractivity (Wildman–Crippen MR) is 109 cm³/mol. The van der Waals surface area contributed by atoms with Crippen molar-refractivity contribution in [2.45, 2.75) is 19.4 Å². The molecule has 1 aliphatic rings. The van der Waals surface area contributed by atoms with E-state index in [2.05, 4.69) is 15.1 Å². The van der Waals surface area contributed by atoms with Crippen LogP contribution in [0.3, 0.4) is 0 Å². The third-order valence-electron chi connectivity index (χ3n) is 5.75. The molecular formula is C22H19F2N5O. The molecule has 0 saturated carbocycles. The number of β-lactam (4-membered cyclic amide) rings is 1. The number of imidazole rings is 1. The van der Waals surface area contributed by atoms with Gasteiger partial charge in [0, 0.05) is 30.1 Å². The number of hydrogen-bond acceptors (Lipinski definition) is 3. The molecule has 2 aromatic heterocycles. The van der Waals surface area contributed by atoms with E-state index < -0.39 is 23.6 Å². The smallest absolute Gasteiger partial charge is 0.233 e. The average Bonchev–Trinajstić information content (AvgIpc) is 3.35. The van der Waals surface area contributed by atoms with Gasteiger partial charge in [-0.3, -0.25) is 9.48 Å². The first-order chi connectivity index (χ1) is 14.5. The van der Waals surface area contributed by atoms with Gasteiger partial charge in [-0.25, -0.2) is 13.8 Å². The zero-order valence-electron chi connectivity index (χ0n) is 16.4. The first-order valence-electron chi connectivity index (χ1n) is 9.72. The maximum Gasteiger partial charge on any atom is 0.233 e. The largest absolute Gasteiger partial charge is 0.345 e. The Balaban J connectivity index is 1.58. The van der Waals surface area contributed by atoms with Crippen molar-refractivity contribution in [3.05, 3.63) is 66.3 Å². The molecule has 2 atom stereocenters. The molecule has 2 aromatic carbocycles. The van der Waals surface area contributed by atoms with Crippen LogP contribution >= 0.6 is 0 Å². The first kappa shape index (κ1) is 18.5. The molecule has 30 heavy (non-hydrogen) atoms. The SMILES string of the molecule is CC[C@@H]1C(=O)N(c2ccc3[nH]cnc3c2)[C@@H]1c1c(F)cc(-c2cnn(C)c2)cc1F. The van der Waals surface area contributed by atoms with Crippen molar-refractivity contribution in [3.8, 4) is 11.1 Å². The van der Waals surface area contributed by atoms with E-state index in [9.17, 15) is 4.79 Å². The fourth-order valence-electron chi connectivity index (χ4n) is 4.24. The molecule has 0 bridgehead atoms. The Morgan fingerprint density at radius 3 is 2.57 bits per heavy atom. The van der Waals surface area contributed by atoms with Crippen LogP contribution in [0.4, 0.5) is 14.5 Å². The molecule has 0 aliphatic carbocycles. The lowest BCUT2D eigenvalue weighted by Crippen LogP contribution is -2.55. The number of anilines is 1. The minimum Gasteiger partial charge on any atom is -0.345 e. The molecule has 8 heteroatoms. The van der Waals surface area contributed by atoms with Gasteiger partial charge in [0.15, 0.2) is 0 Å². The van der Waals surface area contributed by atoms with Crippen molar-refractivity contribution in [1.82, 2.24) is 19.7 Å². The van der Waals surface area contributed by atoms with Crippen LogP contribution in [-0.4, -0.2) is 25.7 Å². The highest BCUT2D eigenvalue weighted by Gasteiger charge is 2.50. The van der Waals surface area contributed by atoms with Crippen molar-refractivity contribution in [2.24, 2.45) is 13.0 Å². The second kappa shape index (κ2) is 6.76. The summed E-state index contributed by atoms with van der Waals surface area (Å²) < 4.78 is 31.9. The normalized spacial score (nSPS) is 18.8. The zero-order valence-corrected chi connectivity index (χ0v) is 16.4. The minimum absolute atomic E-state index is 0.0868. The van der Waals surface area contributed by atoms with E-state index in [0.29, 0.717) is 28.8 Å². The van der Waals surface area contributed by atoms with Gasteiger partial charge in [-0.05, 0) is 42.3 Å². The van der Waals surface area contributed by atoms with Crippen molar-refractivity contribution >= 4 is 22.6 Å². The lowest BCUT2D eigenvalue weighted by molar-refractivity contribution is -0.130. The number of nitrogens with one attached hydrogen (secondary N) is 1. The van der Waals surface area contributed by atoms with Gasteiger partial charge < -0.3 is 9.88 Å². The molecular weight excluding hydrogens is 388 g/mol. The number of aromatic amines is 1. The Kier molecular flexibility index (Phi) is 4.16. The number of benzene rings is 2. The van der Waals surface area contributed by atoms with Crippen LogP contribution in [0.1, 0.15) is 24.9 Å². The molecule has 0 unspecified atom stereocenters. The Bertz CT molecular complexity index is 1250. The van der Waals surface area contributed by atoms with Gasteiger partial charge >= 0.3 is 0 Å². The number of carbonyl (C=O) groups excluding carboxylic acids is 1. The summed E-state index contributed by atoms with van der Waals surface area (Å²) in [6.07, 6.45) is 5.31. The van der Waals surface area contributed by atoms with Crippen molar-refractivity contribution in [3.63, 3.8) is 0 Å². The molecule has 0 radical (unpaired) electrons. The molecule has 5 rings (SSSR count). The number of halogens is 2. The summed E-state index contributed by atoms with van der Waals surface area (Å²) >= 11 is 0. The predicted octanol–water partition coefficient (Wildman–Crippen LogP) is 4.36. The molecule has 3 heterocycles. The van der Waals surface area contributed by atoms with Crippen molar-refractivity contribution in [2.75, 3.05) is 4.90 Å². The van der Waals surface area contributed by atoms with E-state index in [1.165, 1.54) is 17.0 Å². The highest BCUT2D eigenvalue weighted by molar-refractivity contribution is 6.04. The first-order valence-corrected chi connectivity index (χ1v) is 9.72. The summed E-state index contributed by atoms with van der Waals surface area (Å²) in [5.41, 5.74) is 3.03. The lowest BCUT2D eigenvalue weighted by atomic mass is 9.79. The Morgan fingerprint density at radius 2 is 1.90 bits per heavy atom. The summed E-state index contributed by atoms with van der Waals surface area (Å²) in [7, 11) is 1.74. The second-order valence-corrected chi connectivity index (χ2v) is 7.53. The highest BCUT2D eigenvalue weighted by atomic mass is 19.1. The van der Waals surface area contributed by atoms with E-state index >= 15 is 8.78 Å². The third kappa shape index (κ3) is 2.71. The van der Waals surface area contributed by atoms with E-state index in [1.54, 1.807) is 48.6 Å². The van der Waals surface area contributed by atoms with E-state index in [4.69, 9.17) is 0 Å². The number of rotatable bonds is 4. The van der Waals surface area contributed by atoms with E-state index in [0.717, 1.165) is 5.52 Å². The van der Waals surface area contributed by atoms with Crippen LogP contribution in [0.25, 0.3) is 22.2 Å². The van der Waals surface area contributed by atoms with Gasteiger partial charge in [0.05, 0.1) is 35.5 Å². The van der Waals surface area contributed by atoms with Crippen LogP contribution in [0.2, 0.25) is 0 Å². The van der Waals surface area contributed by atoms with Crippen LogP contribution < -0.4 is 4.90 Å². The quantitative estimate of drug-likeness (QED) is 0.511. The van der Waals surface area contributed by atoms with Gasteiger partial charge in [0.25, 0.3) is 0 Å². The maximum atomic E-state index is 15.2. The van der Waals surface area contributed by atoms with Gasteiger partial charge in [-0.15, -0.1) is 0 Å². The second-order valence-electron chi connectivity index (χ2n) is 7.53. The number of aryl methyl sites for hydroxylation is 1. The molecule has 0 spiro atoms. The van der Waals surface area contributed by atoms with Crippen molar-refractivity contribution < 1.29 is 13.6 Å². The summed E-state index contributed by atoms with van der Waals surface area (Å²) in [5, 5.41) is 4.06. The Labute approximate surface area is 171 Å². The summed E-state index contributed by atoms with van der Waals surface area (Å²) in [6, 6.07) is 7.22. The number of aromatic nitrogens is 4. The molecule has 1 amide bonds. The van der Waals surface area contributed by atoms with E-state index in [-0.39, 0.29) is 11.5 Å². The van der Waals surface area contributed by atoms with Crippen molar-refractivity contribution in [1.29, 1.82) is 0 Å². The molecule has 1 N–H and O–H groups in total. The summed E-state index contributed by atoms with van der Waals surface area (Å²) in [6.45, 7) is 1.85. The molecule has 4 aromatic rings. The number of hydrogen-bond donors (Lipinski definition) is 1. The lowest BCUT2D eigenvalue weighted by Gasteiger charge is -2.47.